The van der Waals surface area contributed by atoms with E-state index in [4.69, 9.17) is 19.3 Å². The second-order valence-corrected chi connectivity index (χ2v) is 5.47. The molecule has 130 valence electrons. The lowest BCUT2D eigenvalue weighted by Crippen LogP contribution is -2.59. The molecule has 2 saturated heterocycles. The second-order valence-electron chi connectivity index (χ2n) is 5.47. The van der Waals surface area contributed by atoms with Crippen molar-refractivity contribution < 1.29 is 50.0 Å². The van der Waals surface area contributed by atoms with Gasteiger partial charge >= 0.3 is 0 Å². The topological polar surface area (TPSA) is 169 Å². The minimum absolute atomic E-state index is 0.0616. The summed E-state index contributed by atoms with van der Waals surface area (Å²) in [7, 11) is 0. The van der Waals surface area contributed by atoms with Crippen LogP contribution >= 0.6 is 0 Å². The molecule has 22 heavy (non-hydrogen) atoms. The molecular formula is C12H22O10. The Bertz CT molecular complexity index is 355. The second kappa shape index (κ2) is 7.45. The van der Waals surface area contributed by atoms with Gasteiger partial charge in [0.15, 0.2) is 12.6 Å². The molecule has 0 aromatic heterocycles. The quantitative estimate of drug-likeness (QED) is 0.268. The fraction of sp³-hybridized carbons (Fsp3) is 1.00. The predicted molar refractivity (Wildman–Crippen MR) is 67.2 cm³/mol. The van der Waals surface area contributed by atoms with Crippen molar-refractivity contribution in [2.75, 3.05) is 13.2 Å². The molecule has 2 aliphatic heterocycles. The molecule has 7 N–H and O–H groups in total. The number of hydrogen-bond acceptors (Lipinski definition) is 10. The Morgan fingerprint density at radius 1 is 0.818 bits per heavy atom. The van der Waals surface area contributed by atoms with Gasteiger partial charge < -0.3 is 50.0 Å². The number of hydrogen-bond donors (Lipinski definition) is 7. The highest BCUT2D eigenvalue weighted by Crippen LogP contribution is 2.24. The Hall–Kier alpha value is -0.400. The zero-order chi connectivity index (χ0) is 16.4. The van der Waals surface area contributed by atoms with Gasteiger partial charge in [0.05, 0.1) is 19.3 Å². The number of rotatable bonds is 4. The first kappa shape index (κ1) is 17.9. The molecule has 2 rings (SSSR count). The molecule has 0 bridgehead atoms. The van der Waals surface area contributed by atoms with Crippen LogP contribution in [0.25, 0.3) is 0 Å². The maximum atomic E-state index is 9.76. The van der Waals surface area contributed by atoms with E-state index in [1.807, 2.05) is 0 Å². The van der Waals surface area contributed by atoms with Crippen molar-refractivity contribution in [2.24, 2.45) is 0 Å². The van der Waals surface area contributed by atoms with Gasteiger partial charge in [0.25, 0.3) is 0 Å². The number of aliphatic hydroxyl groups excluding tert-OH is 7. The molecule has 2 heterocycles. The van der Waals surface area contributed by atoms with E-state index in [0.717, 1.165) is 0 Å². The molecule has 0 aromatic carbocycles. The number of ether oxygens (including phenoxy) is 3. The molecule has 0 saturated carbocycles. The fourth-order valence-corrected chi connectivity index (χ4v) is 2.44. The lowest BCUT2D eigenvalue weighted by Gasteiger charge is -2.40. The third-order valence-corrected chi connectivity index (χ3v) is 3.83. The van der Waals surface area contributed by atoms with E-state index < -0.39 is 61.9 Å². The zero-order valence-corrected chi connectivity index (χ0v) is 11.7. The van der Waals surface area contributed by atoms with E-state index in [1.54, 1.807) is 0 Å². The summed E-state index contributed by atoms with van der Waals surface area (Å²) in [5.41, 5.74) is 0. The maximum Gasteiger partial charge on any atom is 0.184 e. The monoisotopic (exact) mass is 326 g/mol. The highest BCUT2D eigenvalue weighted by molar-refractivity contribution is 4.89. The third-order valence-electron chi connectivity index (χ3n) is 3.83. The van der Waals surface area contributed by atoms with Crippen LogP contribution in [0.3, 0.4) is 0 Å². The summed E-state index contributed by atoms with van der Waals surface area (Å²) in [6.45, 7) is -0.808. The Kier molecular flexibility index (Phi) is 6.07. The highest BCUT2D eigenvalue weighted by Gasteiger charge is 2.44. The highest BCUT2D eigenvalue weighted by atomic mass is 16.7. The molecule has 9 atom stereocenters. The molecule has 0 aromatic rings. The maximum absolute atomic E-state index is 9.76. The summed E-state index contributed by atoms with van der Waals surface area (Å²) < 4.78 is 15.3. The van der Waals surface area contributed by atoms with Gasteiger partial charge in [-0.05, 0) is 0 Å². The van der Waals surface area contributed by atoms with Crippen LogP contribution in [0.1, 0.15) is 6.42 Å². The summed E-state index contributed by atoms with van der Waals surface area (Å²) in [6.07, 6.45) is -11.9. The number of aliphatic hydroxyl groups is 7. The SMILES string of the molecule is OC[C@H]1O[C@H](OC[C@H]2O[C@H](O)[C@@H](O)[C@@H](O)[C@@H]2O)[C@@H](O)C[C@@H]1O. The van der Waals surface area contributed by atoms with Gasteiger partial charge in [-0.3, -0.25) is 0 Å². The van der Waals surface area contributed by atoms with Gasteiger partial charge in [-0.2, -0.15) is 0 Å². The van der Waals surface area contributed by atoms with E-state index in [9.17, 15) is 30.6 Å². The van der Waals surface area contributed by atoms with E-state index in [1.165, 1.54) is 0 Å². The lowest BCUT2D eigenvalue weighted by molar-refractivity contribution is -0.313. The zero-order valence-electron chi connectivity index (χ0n) is 11.7. The molecule has 0 aliphatic carbocycles. The van der Waals surface area contributed by atoms with Crippen LogP contribution in [0.5, 0.6) is 0 Å². The van der Waals surface area contributed by atoms with Crippen LogP contribution in [-0.4, -0.2) is 104 Å². The molecule has 0 radical (unpaired) electrons. The standard InChI is InChI=1S/C12H22O10/c13-2-6-4(14)1-5(15)12(22-6)20-3-7-8(16)9(17)10(18)11(19)21-7/h4-19H,1-3H2/t4-,5-,6+,7+,8+,9-,10-,11-,12-/m0/s1. The molecule has 0 spiro atoms. The Balaban J connectivity index is 1.89. The van der Waals surface area contributed by atoms with Gasteiger partial charge in [0.2, 0.25) is 0 Å². The first-order valence-electron chi connectivity index (χ1n) is 6.97. The van der Waals surface area contributed by atoms with Crippen LogP contribution in [0.4, 0.5) is 0 Å². The van der Waals surface area contributed by atoms with Gasteiger partial charge in [0, 0.05) is 6.42 Å². The minimum atomic E-state index is -1.68. The van der Waals surface area contributed by atoms with Crippen LogP contribution in [0.15, 0.2) is 0 Å². The van der Waals surface area contributed by atoms with E-state index in [0.29, 0.717) is 0 Å². The summed E-state index contributed by atoms with van der Waals surface area (Å²) in [4.78, 5) is 0. The summed E-state index contributed by atoms with van der Waals surface area (Å²) in [5.74, 6) is 0. The molecule has 2 fully saturated rings. The Morgan fingerprint density at radius 3 is 2.14 bits per heavy atom. The molecule has 10 heteroatoms. The average molecular weight is 326 g/mol. The first-order chi connectivity index (χ1) is 10.3. The van der Waals surface area contributed by atoms with Gasteiger partial charge in [0.1, 0.15) is 36.6 Å². The summed E-state index contributed by atoms with van der Waals surface area (Å²) >= 11 is 0. The van der Waals surface area contributed by atoms with Gasteiger partial charge in [-0.1, -0.05) is 0 Å². The van der Waals surface area contributed by atoms with Crippen LogP contribution in [0.2, 0.25) is 0 Å². The fourth-order valence-electron chi connectivity index (χ4n) is 2.44. The average Bonchev–Trinajstić information content (AvgIpc) is 2.49. The third kappa shape index (κ3) is 3.74. The Morgan fingerprint density at radius 2 is 1.50 bits per heavy atom. The first-order valence-corrected chi connectivity index (χ1v) is 6.97. The van der Waals surface area contributed by atoms with Crippen molar-refractivity contribution in [3.05, 3.63) is 0 Å². The molecule has 0 unspecified atom stereocenters. The van der Waals surface area contributed by atoms with Crippen molar-refractivity contribution >= 4 is 0 Å². The van der Waals surface area contributed by atoms with Crippen LogP contribution in [0, 0.1) is 0 Å². The van der Waals surface area contributed by atoms with Crippen molar-refractivity contribution in [1.82, 2.24) is 0 Å². The predicted octanol–water partition coefficient (Wildman–Crippen LogP) is -4.37. The van der Waals surface area contributed by atoms with E-state index in [2.05, 4.69) is 0 Å². The van der Waals surface area contributed by atoms with E-state index >= 15 is 0 Å². The molecule has 10 nitrogen and oxygen atoms in total. The van der Waals surface area contributed by atoms with Gasteiger partial charge in [-0.15, -0.1) is 0 Å². The van der Waals surface area contributed by atoms with Crippen molar-refractivity contribution in [2.45, 2.75) is 61.7 Å². The summed E-state index contributed by atoms with van der Waals surface area (Å²) in [6, 6.07) is 0. The molecule has 0 amide bonds. The largest absolute Gasteiger partial charge is 0.394 e. The lowest BCUT2D eigenvalue weighted by atomic mass is 9.99. The Labute approximate surface area is 126 Å². The normalized spacial score (nSPS) is 50.0. The van der Waals surface area contributed by atoms with E-state index in [-0.39, 0.29) is 13.0 Å². The molecule has 2 aliphatic rings. The van der Waals surface area contributed by atoms with Crippen molar-refractivity contribution in [1.29, 1.82) is 0 Å². The molecular weight excluding hydrogens is 304 g/mol. The summed E-state index contributed by atoms with van der Waals surface area (Å²) in [5, 5.41) is 66.4. The van der Waals surface area contributed by atoms with Crippen LogP contribution in [-0.2, 0) is 14.2 Å². The smallest absolute Gasteiger partial charge is 0.184 e. The van der Waals surface area contributed by atoms with Gasteiger partial charge in [-0.25, -0.2) is 0 Å². The van der Waals surface area contributed by atoms with Crippen LogP contribution < -0.4 is 0 Å². The van der Waals surface area contributed by atoms with Crippen molar-refractivity contribution in [3.8, 4) is 0 Å². The minimum Gasteiger partial charge on any atom is -0.394 e. The van der Waals surface area contributed by atoms with Crippen molar-refractivity contribution in [3.63, 3.8) is 0 Å².